The molecule has 0 saturated heterocycles. The first kappa shape index (κ1) is 11.3. The first-order valence-corrected chi connectivity index (χ1v) is 5.55. The Morgan fingerprint density at radius 3 is 2.84 bits per heavy atom. The number of rotatable bonds is 1. The van der Waals surface area contributed by atoms with E-state index in [1.807, 2.05) is 0 Å². The molecule has 0 unspecified atom stereocenters. The number of pyridine rings is 1. The molecule has 6 heteroatoms. The molecule has 94 valence electrons. The van der Waals surface area contributed by atoms with E-state index in [1.165, 1.54) is 12.3 Å². The van der Waals surface area contributed by atoms with E-state index in [4.69, 9.17) is 4.42 Å². The van der Waals surface area contributed by atoms with Crippen LogP contribution in [0.2, 0.25) is 0 Å². The van der Waals surface area contributed by atoms with Gasteiger partial charge in [0.2, 0.25) is 11.1 Å². The molecule has 0 radical (unpaired) electrons. The van der Waals surface area contributed by atoms with Gasteiger partial charge in [-0.1, -0.05) is 0 Å². The summed E-state index contributed by atoms with van der Waals surface area (Å²) in [7, 11) is 0. The largest absolute Gasteiger partial charge is 0.437 e. The van der Waals surface area contributed by atoms with E-state index in [2.05, 4.69) is 4.98 Å². The normalized spacial score (nSPS) is 11.0. The Morgan fingerprint density at radius 2 is 2.11 bits per heavy atom. The standard InChI is InChI=1S/C13H8N2O4/c1-7-4-5-9(15(17)18)10-11(16)8-3-2-6-14-13(8)19-12(7)10/h2-6H,1H3. The maximum atomic E-state index is 12.4. The molecule has 3 aromatic rings. The van der Waals surface area contributed by atoms with Gasteiger partial charge in [0.15, 0.2) is 5.58 Å². The van der Waals surface area contributed by atoms with Crippen LogP contribution in [0.25, 0.3) is 22.1 Å². The summed E-state index contributed by atoms with van der Waals surface area (Å²) in [5, 5.41) is 11.3. The molecular formula is C13H8N2O4. The number of hydrogen-bond donors (Lipinski definition) is 0. The highest BCUT2D eigenvalue weighted by molar-refractivity contribution is 5.95. The predicted molar refractivity (Wildman–Crippen MR) is 69.2 cm³/mol. The fourth-order valence-corrected chi connectivity index (χ4v) is 2.06. The quantitative estimate of drug-likeness (QED) is 0.379. The van der Waals surface area contributed by atoms with Crippen LogP contribution in [-0.2, 0) is 0 Å². The first-order chi connectivity index (χ1) is 9.09. The Morgan fingerprint density at radius 1 is 1.32 bits per heavy atom. The highest BCUT2D eigenvalue weighted by Gasteiger charge is 2.20. The second kappa shape index (κ2) is 3.88. The number of aryl methyl sites for hydroxylation is 1. The smallest absolute Gasteiger partial charge is 0.284 e. The van der Waals surface area contributed by atoms with Gasteiger partial charge in [0, 0.05) is 12.3 Å². The van der Waals surface area contributed by atoms with Gasteiger partial charge in [-0.3, -0.25) is 14.9 Å². The van der Waals surface area contributed by atoms with E-state index in [1.54, 1.807) is 25.1 Å². The SMILES string of the molecule is Cc1ccc([N+](=O)[O-])c2c(=O)c3cccnc3oc12. The third-order valence-electron chi connectivity index (χ3n) is 2.97. The highest BCUT2D eigenvalue weighted by Crippen LogP contribution is 2.27. The summed E-state index contributed by atoms with van der Waals surface area (Å²) >= 11 is 0. The summed E-state index contributed by atoms with van der Waals surface area (Å²) in [6, 6.07) is 6.00. The topological polar surface area (TPSA) is 86.2 Å². The maximum Gasteiger partial charge on any atom is 0.284 e. The third kappa shape index (κ3) is 1.57. The Labute approximate surface area is 106 Å². The maximum absolute atomic E-state index is 12.4. The number of aromatic nitrogens is 1. The molecule has 0 spiro atoms. The van der Waals surface area contributed by atoms with E-state index in [0.29, 0.717) is 5.56 Å². The van der Waals surface area contributed by atoms with Crippen LogP contribution in [0.3, 0.4) is 0 Å². The molecule has 3 rings (SSSR count). The van der Waals surface area contributed by atoms with Crippen LogP contribution in [0.15, 0.2) is 39.7 Å². The molecule has 0 fully saturated rings. The molecule has 0 bridgehead atoms. The van der Waals surface area contributed by atoms with Crippen molar-refractivity contribution >= 4 is 27.8 Å². The van der Waals surface area contributed by atoms with E-state index in [9.17, 15) is 14.9 Å². The van der Waals surface area contributed by atoms with E-state index >= 15 is 0 Å². The van der Waals surface area contributed by atoms with Gasteiger partial charge < -0.3 is 4.42 Å². The van der Waals surface area contributed by atoms with Gasteiger partial charge in [-0.05, 0) is 30.7 Å². The van der Waals surface area contributed by atoms with Crippen molar-refractivity contribution in [1.29, 1.82) is 0 Å². The molecule has 0 atom stereocenters. The zero-order valence-electron chi connectivity index (χ0n) is 9.91. The molecular weight excluding hydrogens is 248 g/mol. The second-order valence-electron chi connectivity index (χ2n) is 4.15. The van der Waals surface area contributed by atoms with Gasteiger partial charge in [0.25, 0.3) is 5.69 Å². The molecule has 19 heavy (non-hydrogen) atoms. The minimum atomic E-state index is -0.582. The van der Waals surface area contributed by atoms with Crippen LogP contribution in [0, 0.1) is 17.0 Å². The number of nitrogens with zero attached hydrogens (tertiary/aromatic N) is 2. The number of hydrogen-bond acceptors (Lipinski definition) is 5. The van der Waals surface area contributed by atoms with Crippen LogP contribution in [0.1, 0.15) is 5.56 Å². The molecule has 2 aromatic heterocycles. The van der Waals surface area contributed by atoms with Crippen molar-refractivity contribution in [2.75, 3.05) is 0 Å². The number of benzene rings is 1. The van der Waals surface area contributed by atoms with Crippen LogP contribution in [0.4, 0.5) is 5.69 Å². The minimum absolute atomic E-state index is 0.00880. The van der Waals surface area contributed by atoms with Crippen LogP contribution >= 0.6 is 0 Å². The van der Waals surface area contributed by atoms with Crippen molar-refractivity contribution in [3.05, 3.63) is 56.4 Å². The summed E-state index contributed by atoms with van der Waals surface area (Å²) in [5.41, 5.74) is 0.374. The average Bonchev–Trinajstić information content (AvgIpc) is 2.40. The van der Waals surface area contributed by atoms with Gasteiger partial charge in [-0.15, -0.1) is 0 Å². The number of nitro benzene ring substituents is 1. The summed E-state index contributed by atoms with van der Waals surface area (Å²) in [5.74, 6) is 0. The Bertz CT molecular complexity index is 883. The fourth-order valence-electron chi connectivity index (χ4n) is 2.06. The van der Waals surface area contributed by atoms with Crippen molar-refractivity contribution in [2.24, 2.45) is 0 Å². The molecule has 0 aliphatic heterocycles. The molecule has 0 aliphatic carbocycles. The van der Waals surface area contributed by atoms with Crippen molar-refractivity contribution < 1.29 is 9.34 Å². The van der Waals surface area contributed by atoms with E-state index < -0.39 is 10.4 Å². The summed E-state index contributed by atoms with van der Waals surface area (Å²) in [6.45, 7) is 1.73. The van der Waals surface area contributed by atoms with Gasteiger partial charge in [-0.25, -0.2) is 4.98 Å². The van der Waals surface area contributed by atoms with Crippen LogP contribution < -0.4 is 5.43 Å². The van der Waals surface area contributed by atoms with Crippen molar-refractivity contribution in [3.63, 3.8) is 0 Å². The number of non-ortho nitro benzene ring substituents is 1. The van der Waals surface area contributed by atoms with Gasteiger partial charge in [0.1, 0.15) is 5.39 Å². The number of fused-ring (bicyclic) bond motifs is 2. The lowest BCUT2D eigenvalue weighted by molar-refractivity contribution is -0.383. The summed E-state index contributed by atoms with van der Waals surface area (Å²) < 4.78 is 5.53. The molecule has 0 amide bonds. The Hall–Kier alpha value is -2.76. The van der Waals surface area contributed by atoms with E-state index in [0.717, 1.165) is 0 Å². The lowest BCUT2D eigenvalue weighted by atomic mass is 10.1. The van der Waals surface area contributed by atoms with Gasteiger partial charge in [0.05, 0.1) is 10.3 Å². The van der Waals surface area contributed by atoms with E-state index in [-0.39, 0.29) is 27.8 Å². The molecule has 6 nitrogen and oxygen atoms in total. The zero-order valence-corrected chi connectivity index (χ0v) is 9.91. The van der Waals surface area contributed by atoms with Gasteiger partial charge >= 0.3 is 0 Å². The van der Waals surface area contributed by atoms with Crippen molar-refractivity contribution in [2.45, 2.75) is 6.92 Å². The van der Waals surface area contributed by atoms with Crippen molar-refractivity contribution in [1.82, 2.24) is 4.98 Å². The average molecular weight is 256 g/mol. The molecule has 0 saturated carbocycles. The lowest BCUT2D eigenvalue weighted by Gasteiger charge is -2.03. The van der Waals surface area contributed by atoms with Crippen LogP contribution in [-0.4, -0.2) is 9.91 Å². The predicted octanol–water partition coefficient (Wildman–Crippen LogP) is 2.56. The summed E-state index contributed by atoms with van der Waals surface area (Å²) in [6.07, 6.45) is 1.50. The van der Waals surface area contributed by atoms with Gasteiger partial charge in [-0.2, -0.15) is 0 Å². The van der Waals surface area contributed by atoms with Crippen molar-refractivity contribution in [3.8, 4) is 0 Å². The number of nitro groups is 1. The molecule has 0 aliphatic rings. The minimum Gasteiger partial charge on any atom is -0.437 e. The fraction of sp³-hybridized carbons (Fsp3) is 0.0769. The monoisotopic (exact) mass is 256 g/mol. The molecule has 2 heterocycles. The molecule has 1 aromatic carbocycles. The Kier molecular flexibility index (Phi) is 2.31. The highest BCUT2D eigenvalue weighted by atomic mass is 16.6. The third-order valence-corrected chi connectivity index (χ3v) is 2.97. The Balaban J connectivity index is 2.65. The second-order valence-corrected chi connectivity index (χ2v) is 4.15. The zero-order chi connectivity index (χ0) is 13.6. The summed E-state index contributed by atoms with van der Waals surface area (Å²) in [4.78, 5) is 26.8. The van der Waals surface area contributed by atoms with Crippen LogP contribution in [0.5, 0.6) is 0 Å². The first-order valence-electron chi connectivity index (χ1n) is 5.55. The lowest BCUT2D eigenvalue weighted by Crippen LogP contribution is -2.06. The molecule has 0 N–H and O–H groups in total.